The van der Waals surface area contributed by atoms with Gasteiger partial charge in [0.1, 0.15) is 5.16 Å². The molecule has 23 heavy (non-hydrogen) atoms. The first-order valence-electron chi connectivity index (χ1n) is 5.91. The highest BCUT2D eigenvalue weighted by molar-refractivity contribution is 6.33. The monoisotopic (exact) mass is 362 g/mol. The summed E-state index contributed by atoms with van der Waals surface area (Å²) in [5.74, 6) is -14.4. The normalized spacial score (nSPS) is 15.4. The Morgan fingerprint density at radius 2 is 1.48 bits per heavy atom. The molecular formula is C13H10ClF7N2. The summed E-state index contributed by atoms with van der Waals surface area (Å²) in [6.07, 6.45) is -6.50. The van der Waals surface area contributed by atoms with Crippen molar-refractivity contribution in [3.8, 4) is 0 Å². The molecule has 0 amide bonds. The number of benzene rings is 1. The van der Waals surface area contributed by atoms with Crippen molar-refractivity contribution in [2.75, 3.05) is 0 Å². The third-order valence-corrected chi connectivity index (χ3v) is 3.17. The highest BCUT2D eigenvalue weighted by Crippen LogP contribution is 2.46. The highest BCUT2D eigenvalue weighted by atomic mass is 35.5. The van der Waals surface area contributed by atoms with Crippen molar-refractivity contribution >= 4 is 23.0 Å². The number of nitrogens with zero attached hydrogens (tertiary/aromatic N) is 1. The van der Waals surface area contributed by atoms with Gasteiger partial charge < -0.3 is 5.73 Å². The van der Waals surface area contributed by atoms with E-state index in [0.717, 1.165) is 0 Å². The van der Waals surface area contributed by atoms with Gasteiger partial charge in [-0.05, 0) is 18.1 Å². The molecule has 0 heterocycles. The molecule has 0 saturated carbocycles. The molecule has 0 unspecified atom stereocenters. The zero-order chi connectivity index (χ0) is 18.1. The molecule has 0 saturated heterocycles. The summed E-state index contributed by atoms with van der Waals surface area (Å²) in [7, 11) is 0. The van der Waals surface area contributed by atoms with Crippen molar-refractivity contribution in [1.29, 1.82) is 0 Å². The fourth-order valence-electron chi connectivity index (χ4n) is 1.41. The lowest BCUT2D eigenvalue weighted by atomic mass is 10.1. The number of halogens is 8. The van der Waals surface area contributed by atoms with E-state index < -0.39 is 29.0 Å². The number of amidine groups is 1. The molecule has 0 aromatic heterocycles. The van der Waals surface area contributed by atoms with Crippen molar-refractivity contribution in [1.82, 2.24) is 0 Å². The second kappa shape index (κ2) is 6.38. The fourth-order valence-corrected chi connectivity index (χ4v) is 1.61. The maximum absolute atomic E-state index is 13.3. The molecule has 0 aliphatic rings. The van der Waals surface area contributed by atoms with Crippen LogP contribution in [-0.4, -0.2) is 23.9 Å². The Morgan fingerprint density at radius 1 is 1.00 bits per heavy atom. The maximum atomic E-state index is 13.3. The smallest absolute Gasteiger partial charge is 0.382 e. The zero-order valence-electron chi connectivity index (χ0n) is 11.4. The van der Waals surface area contributed by atoms with Gasteiger partial charge in [-0.15, -0.1) is 0 Å². The second-order valence-corrected chi connectivity index (χ2v) is 4.78. The van der Waals surface area contributed by atoms with Crippen LogP contribution in [0.1, 0.15) is 12.5 Å². The number of hydrogen-bond acceptors (Lipinski definition) is 1. The average Bonchev–Trinajstić information content (AvgIpc) is 2.45. The molecule has 0 aliphatic heterocycles. The van der Waals surface area contributed by atoms with Crippen LogP contribution in [0.15, 0.2) is 40.5 Å². The first kappa shape index (κ1) is 19.3. The molecule has 2 N–H and O–H groups in total. The maximum Gasteiger partial charge on any atom is 0.460 e. The largest absolute Gasteiger partial charge is 0.460 e. The minimum absolute atomic E-state index is 0.0707. The molecule has 10 heteroatoms. The lowest BCUT2D eigenvalue weighted by Gasteiger charge is -2.27. The Labute approximate surface area is 131 Å². The van der Waals surface area contributed by atoms with Crippen molar-refractivity contribution < 1.29 is 30.7 Å². The van der Waals surface area contributed by atoms with Gasteiger partial charge in [-0.1, -0.05) is 41.9 Å². The van der Waals surface area contributed by atoms with Crippen LogP contribution in [0.4, 0.5) is 30.7 Å². The van der Waals surface area contributed by atoms with Gasteiger partial charge in [0.25, 0.3) is 0 Å². The van der Waals surface area contributed by atoms with Crippen LogP contribution in [-0.2, 0) is 0 Å². The number of aliphatic imine (C=N–C) groups is 1. The molecule has 2 nitrogen and oxygen atoms in total. The zero-order valence-corrected chi connectivity index (χ0v) is 12.2. The van der Waals surface area contributed by atoms with Crippen LogP contribution in [0.5, 0.6) is 0 Å². The highest BCUT2D eigenvalue weighted by Gasteiger charge is 2.74. The number of nitrogens with two attached hydrogens (primary N) is 1. The first-order valence-corrected chi connectivity index (χ1v) is 6.29. The number of hydrogen-bond donors (Lipinski definition) is 1. The van der Waals surface area contributed by atoms with Crippen LogP contribution in [0.3, 0.4) is 0 Å². The summed E-state index contributed by atoms with van der Waals surface area (Å²) < 4.78 is 88.5. The minimum Gasteiger partial charge on any atom is -0.382 e. The SMILES string of the molecule is C/C(=C(Cl)\N=C(\N)C(F)(F)C(F)(F)C(F)(F)F)c1ccccc1. The van der Waals surface area contributed by atoms with Gasteiger partial charge in [-0.2, -0.15) is 30.7 Å². The summed E-state index contributed by atoms with van der Waals surface area (Å²) in [4.78, 5) is 2.81. The molecule has 0 radical (unpaired) electrons. The van der Waals surface area contributed by atoms with E-state index in [-0.39, 0.29) is 5.57 Å². The van der Waals surface area contributed by atoms with Gasteiger partial charge in [-0.25, -0.2) is 4.99 Å². The van der Waals surface area contributed by atoms with Crippen LogP contribution in [0.2, 0.25) is 0 Å². The van der Waals surface area contributed by atoms with E-state index in [1.807, 2.05) is 0 Å². The Morgan fingerprint density at radius 3 is 1.91 bits per heavy atom. The molecule has 0 fully saturated rings. The van der Waals surface area contributed by atoms with Gasteiger partial charge in [0, 0.05) is 0 Å². The first-order chi connectivity index (χ1) is 10.3. The van der Waals surface area contributed by atoms with Gasteiger partial charge in [0.15, 0.2) is 5.84 Å². The van der Waals surface area contributed by atoms with E-state index in [4.69, 9.17) is 11.6 Å². The fraction of sp³-hybridized carbons (Fsp3) is 0.308. The van der Waals surface area contributed by atoms with E-state index in [2.05, 4.69) is 10.7 Å². The summed E-state index contributed by atoms with van der Waals surface area (Å²) in [5, 5.41) is -0.730. The van der Waals surface area contributed by atoms with Crippen LogP contribution in [0, 0.1) is 0 Å². The Kier molecular flexibility index (Phi) is 5.35. The van der Waals surface area contributed by atoms with E-state index in [1.165, 1.54) is 19.1 Å². The molecule has 0 aliphatic carbocycles. The molecule has 0 bridgehead atoms. The molecule has 1 rings (SSSR count). The Bertz CT molecular complexity index is 621. The van der Waals surface area contributed by atoms with Gasteiger partial charge in [0.2, 0.25) is 0 Å². The van der Waals surface area contributed by atoms with Gasteiger partial charge >= 0.3 is 18.0 Å². The van der Waals surface area contributed by atoms with Crippen molar-refractivity contribution in [2.24, 2.45) is 10.7 Å². The molecule has 0 spiro atoms. The standard InChI is InChI=1S/C13H10ClF7N2/c1-7(8-5-3-2-4-6-8)9(14)23-10(22)11(15,16)12(17,18)13(19,20)21/h2-6H,1H3,(H2,22,23)/b9-7+. The van der Waals surface area contributed by atoms with E-state index in [9.17, 15) is 30.7 Å². The quantitative estimate of drug-likeness (QED) is 0.355. The lowest BCUT2D eigenvalue weighted by molar-refractivity contribution is -0.336. The van der Waals surface area contributed by atoms with Crippen molar-refractivity contribution in [3.63, 3.8) is 0 Å². The minimum atomic E-state index is -6.50. The van der Waals surface area contributed by atoms with Crippen molar-refractivity contribution in [3.05, 3.63) is 41.1 Å². The predicted molar refractivity (Wildman–Crippen MR) is 72.5 cm³/mol. The molecule has 0 atom stereocenters. The Hall–Kier alpha value is -1.77. The molecule has 1 aromatic carbocycles. The van der Waals surface area contributed by atoms with E-state index in [1.54, 1.807) is 18.2 Å². The summed E-state index contributed by atoms with van der Waals surface area (Å²) in [6.45, 7) is 1.31. The Balaban J connectivity index is 3.27. The number of allylic oxidation sites excluding steroid dienone is 1. The molecule has 128 valence electrons. The average molecular weight is 363 g/mol. The van der Waals surface area contributed by atoms with Crippen molar-refractivity contribution in [2.45, 2.75) is 24.9 Å². The van der Waals surface area contributed by atoms with Gasteiger partial charge in [-0.3, -0.25) is 0 Å². The van der Waals surface area contributed by atoms with Crippen LogP contribution in [0.25, 0.3) is 5.57 Å². The lowest BCUT2D eigenvalue weighted by Crippen LogP contribution is -2.58. The third-order valence-electron chi connectivity index (χ3n) is 2.81. The summed E-state index contributed by atoms with van der Waals surface area (Å²) in [5.41, 5.74) is 5.13. The number of alkyl halides is 7. The molecule has 1 aromatic rings. The van der Waals surface area contributed by atoms with Crippen LogP contribution >= 0.6 is 11.6 Å². The predicted octanol–water partition coefficient (Wildman–Crippen LogP) is 4.80. The topological polar surface area (TPSA) is 38.4 Å². The van der Waals surface area contributed by atoms with E-state index in [0.29, 0.717) is 5.56 Å². The van der Waals surface area contributed by atoms with E-state index >= 15 is 0 Å². The van der Waals surface area contributed by atoms with Gasteiger partial charge in [0.05, 0.1) is 0 Å². The summed E-state index contributed by atoms with van der Waals surface area (Å²) in [6, 6.07) is 7.79. The second-order valence-electron chi connectivity index (χ2n) is 4.43. The number of rotatable bonds is 4. The van der Waals surface area contributed by atoms with Crippen LogP contribution < -0.4 is 5.73 Å². The third kappa shape index (κ3) is 3.77. The molecular weight excluding hydrogens is 353 g/mol. The summed E-state index contributed by atoms with van der Waals surface area (Å²) >= 11 is 5.58.